The van der Waals surface area contributed by atoms with Crippen molar-refractivity contribution >= 4 is 5.91 Å². The highest BCUT2D eigenvalue weighted by Crippen LogP contribution is 2.22. The topological polar surface area (TPSA) is 32.3 Å². The Kier molecular flexibility index (Phi) is 4.59. The predicted octanol–water partition coefficient (Wildman–Crippen LogP) is 2.57. The van der Waals surface area contributed by atoms with Crippen LogP contribution in [0.3, 0.4) is 0 Å². The van der Waals surface area contributed by atoms with Crippen LogP contribution in [0.4, 0.5) is 0 Å². The molecule has 0 aromatic heterocycles. The highest BCUT2D eigenvalue weighted by molar-refractivity contribution is 5.86. The lowest BCUT2D eigenvalue weighted by atomic mass is 9.98. The molecule has 1 unspecified atom stereocenters. The van der Waals surface area contributed by atoms with Crippen LogP contribution in [0.2, 0.25) is 0 Å². The van der Waals surface area contributed by atoms with E-state index in [1.54, 1.807) is 0 Å². The van der Waals surface area contributed by atoms with Gasteiger partial charge in [0.25, 0.3) is 0 Å². The highest BCUT2D eigenvalue weighted by atomic mass is 16.2. The van der Waals surface area contributed by atoms with Gasteiger partial charge in [0.05, 0.1) is 5.54 Å². The third-order valence-corrected chi connectivity index (χ3v) is 3.84. The van der Waals surface area contributed by atoms with Crippen LogP contribution < -0.4 is 5.32 Å². The van der Waals surface area contributed by atoms with E-state index in [-0.39, 0.29) is 11.4 Å². The van der Waals surface area contributed by atoms with Crippen molar-refractivity contribution in [2.24, 2.45) is 0 Å². The lowest BCUT2D eigenvalue weighted by molar-refractivity contribution is -0.137. The van der Waals surface area contributed by atoms with Crippen LogP contribution in [-0.4, -0.2) is 29.4 Å². The van der Waals surface area contributed by atoms with Crippen molar-refractivity contribution < 1.29 is 4.79 Å². The van der Waals surface area contributed by atoms with Crippen molar-refractivity contribution in [2.75, 3.05) is 13.1 Å². The van der Waals surface area contributed by atoms with Crippen molar-refractivity contribution in [1.82, 2.24) is 10.2 Å². The Hall–Kier alpha value is -1.35. The van der Waals surface area contributed by atoms with Crippen LogP contribution in [0.15, 0.2) is 30.3 Å². The van der Waals surface area contributed by atoms with Gasteiger partial charge in [-0.3, -0.25) is 4.79 Å². The number of carbonyl (C=O) groups is 1. The monoisotopic (exact) mass is 260 g/mol. The smallest absolute Gasteiger partial charge is 0.242 e. The van der Waals surface area contributed by atoms with Crippen LogP contribution in [0.1, 0.15) is 38.7 Å². The number of benzene rings is 1. The van der Waals surface area contributed by atoms with Crippen LogP contribution in [-0.2, 0) is 11.3 Å². The average molecular weight is 260 g/mol. The van der Waals surface area contributed by atoms with Gasteiger partial charge in [0.1, 0.15) is 0 Å². The van der Waals surface area contributed by atoms with Gasteiger partial charge in [-0.2, -0.15) is 0 Å². The fraction of sp³-hybridized carbons (Fsp3) is 0.562. The van der Waals surface area contributed by atoms with Crippen molar-refractivity contribution in [2.45, 2.75) is 45.2 Å². The summed E-state index contributed by atoms with van der Waals surface area (Å²) in [6.45, 7) is 6.65. The van der Waals surface area contributed by atoms with Gasteiger partial charge in [0.2, 0.25) is 5.91 Å². The second-order valence-corrected chi connectivity index (χ2v) is 5.57. The van der Waals surface area contributed by atoms with Crippen molar-refractivity contribution in [1.29, 1.82) is 0 Å². The molecule has 1 atom stereocenters. The molecule has 0 saturated carbocycles. The first-order chi connectivity index (χ1) is 9.15. The van der Waals surface area contributed by atoms with Gasteiger partial charge in [0, 0.05) is 13.1 Å². The Balaban J connectivity index is 2.09. The molecule has 2 rings (SSSR count). The minimum Gasteiger partial charge on any atom is -0.337 e. The number of amides is 1. The normalized spacial score (nSPS) is 22.4. The molecular formula is C16H24N2O. The Labute approximate surface area is 116 Å². The van der Waals surface area contributed by atoms with E-state index >= 15 is 0 Å². The molecular weight excluding hydrogens is 236 g/mol. The third kappa shape index (κ3) is 3.35. The van der Waals surface area contributed by atoms with Crippen LogP contribution in [0.5, 0.6) is 0 Å². The van der Waals surface area contributed by atoms with Crippen molar-refractivity contribution in [3.05, 3.63) is 35.9 Å². The van der Waals surface area contributed by atoms with Crippen molar-refractivity contribution in [3.8, 4) is 0 Å². The van der Waals surface area contributed by atoms with E-state index in [0.717, 1.165) is 32.4 Å². The summed E-state index contributed by atoms with van der Waals surface area (Å²) in [6, 6.07) is 10.2. The molecule has 1 aliphatic heterocycles. The van der Waals surface area contributed by atoms with Gasteiger partial charge in [-0.15, -0.1) is 0 Å². The molecule has 19 heavy (non-hydrogen) atoms. The van der Waals surface area contributed by atoms with Gasteiger partial charge in [-0.1, -0.05) is 37.3 Å². The van der Waals surface area contributed by atoms with Gasteiger partial charge in [-0.25, -0.2) is 0 Å². The largest absolute Gasteiger partial charge is 0.337 e. The molecule has 1 aromatic rings. The van der Waals surface area contributed by atoms with Gasteiger partial charge in [0.15, 0.2) is 0 Å². The molecule has 0 spiro atoms. The lowest BCUT2D eigenvalue weighted by Gasteiger charge is -2.32. The zero-order chi connectivity index (χ0) is 13.7. The Bertz CT molecular complexity index is 410. The summed E-state index contributed by atoms with van der Waals surface area (Å²) < 4.78 is 0. The maximum atomic E-state index is 12.7. The zero-order valence-corrected chi connectivity index (χ0v) is 12.0. The van der Waals surface area contributed by atoms with Gasteiger partial charge in [-0.05, 0) is 38.3 Å². The number of hydrogen-bond acceptors (Lipinski definition) is 2. The number of nitrogens with one attached hydrogen (secondary N) is 1. The third-order valence-electron chi connectivity index (χ3n) is 3.84. The van der Waals surface area contributed by atoms with Gasteiger partial charge >= 0.3 is 0 Å². The Morgan fingerprint density at radius 2 is 2.11 bits per heavy atom. The minimum atomic E-state index is -0.357. The quantitative estimate of drug-likeness (QED) is 0.882. The molecule has 0 radical (unpaired) electrons. The number of nitrogens with zero attached hydrogens (tertiary/aromatic N) is 1. The Morgan fingerprint density at radius 3 is 2.68 bits per heavy atom. The molecule has 1 N–H and O–H groups in total. The fourth-order valence-corrected chi connectivity index (χ4v) is 2.75. The first kappa shape index (κ1) is 14.1. The van der Waals surface area contributed by atoms with E-state index < -0.39 is 0 Å². The lowest BCUT2D eigenvalue weighted by Crippen LogP contribution is -2.52. The summed E-state index contributed by atoms with van der Waals surface area (Å²) in [6.07, 6.45) is 3.03. The molecule has 1 amide bonds. The molecule has 104 valence electrons. The van der Waals surface area contributed by atoms with Crippen molar-refractivity contribution in [3.63, 3.8) is 0 Å². The Morgan fingerprint density at radius 1 is 1.37 bits per heavy atom. The zero-order valence-electron chi connectivity index (χ0n) is 12.0. The van der Waals surface area contributed by atoms with Crippen LogP contribution in [0.25, 0.3) is 0 Å². The summed E-state index contributed by atoms with van der Waals surface area (Å²) in [5.41, 5.74) is 0.843. The maximum absolute atomic E-state index is 12.7. The van der Waals surface area contributed by atoms with E-state index in [4.69, 9.17) is 0 Å². The average Bonchev–Trinajstić information content (AvgIpc) is 2.87. The molecule has 3 nitrogen and oxygen atoms in total. The number of carbonyl (C=O) groups excluding carboxylic acids is 1. The minimum absolute atomic E-state index is 0.246. The second-order valence-electron chi connectivity index (χ2n) is 5.57. The molecule has 1 aromatic carbocycles. The van der Waals surface area contributed by atoms with E-state index in [9.17, 15) is 4.79 Å². The summed E-state index contributed by atoms with van der Waals surface area (Å²) >= 11 is 0. The highest BCUT2D eigenvalue weighted by Gasteiger charge is 2.38. The van der Waals surface area contributed by atoms with E-state index in [1.165, 1.54) is 5.56 Å². The summed E-state index contributed by atoms with van der Waals surface area (Å²) in [5.74, 6) is 0.246. The van der Waals surface area contributed by atoms with Gasteiger partial charge < -0.3 is 10.2 Å². The standard InChI is InChI=1S/C16H24N2O/c1-3-12-18(13-14-8-5-4-6-9-14)15(19)16(2)10-7-11-17-16/h4-6,8-9,17H,3,7,10-13H2,1-2H3. The summed E-state index contributed by atoms with van der Waals surface area (Å²) in [7, 11) is 0. The second kappa shape index (κ2) is 6.20. The van der Waals surface area contributed by atoms with E-state index in [0.29, 0.717) is 6.54 Å². The fourth-order valence-electron chi connectivity index (χ4n) is 2.75. The van der Waals surface area contributed by atoms with Crippen LogP contribution in [0, 0.1) is 0 Å². The number of hydrogen-bond donors (Lipinski definition) is 1. The predicted molar refractivity (Wildman–Crippen MR) is 77.8 cm³/mol. The molecule has 0 bridgehead atoms. The summed E-state index contributed by atoms with van der Waals surface area (Å²) in [4.78, 5) is 14.7. The number of rotatable bonds is 5. The molecule has 1 heterocycles. The van der Waals surface area contributed by atoms with Crippen LogP contribution >= 0.6 is 0 Å². The first-order valence-corrected chi connectivity index (χ1v) is 7.24. The molecule has 1 aliphatic rings. The first-order valence-electron chi connectivity index (χ1n) is 7.24. The molecule has 1 fully saturated rings. The molecule has 1 saturated heterocycles. The summed E-state index contributed by atoms with van der Waals surface area (Å²) in [5, 5.41) is 3.37. The molecule has 3 heteroatoms. The van der Waals surface area contributed by atoms with E-state index in [1.807, 2.05) is 30.0 Å². The SMILES string of the molecule is CCCN(Cc1ccccc1)C(=O)C1(C)CCCN1. The maximum Gasteiger partial charge on any atom is 0.242 e. The van der Waals surface area contributed by atoms with E-state index in [2.05, 4.69) is 24.4 Å². The molecule has 0 aliphatic carbocycles.